The van der Waals surface area contributed by atoms with Gasteiger partial charge in [-0.3, -0.25) is 0 Å². The van der Waals surface area contributed by atoms with E-state index in [0.29, 0.717) is 16.7 Å². The van der Waals surface area contributed by atoms with Crippen LogP contribution in [0.4, 0.5) is 0 Å². The van der Waals surface area contributed by atoms with Gasteiger partial charge in [-0.25, -0.2) is 0 Å². The monoisotopic (exact) mass is 269 g/mol. The molecule has 3 nitrogen and oxygen atoms in total. The van der Waals surface area contributed by atoms with Gasteiger partial charge in [0.05, 0.1) is 13.7 Å². The fourth-order valence-electron chi connectivity index (χ4n) is 1.92. The van der Waals surface area contributed by atoms with Crippen LogP contribution in [0.2, 0.25) is 5.02 Å². The first-order valence-electron chi connectivity index (χ1n) is 6.35. The standard InChI is InChI=1S/C14H20ClNO2/c1-9(16)5-11-6-12(15)7-13(17-2)14(11)18-8-10-3-4-10/h6-7,9-10H,3-5,8,16H2,1-2H3. The average molecular weight is 270 g/mol. The van der Waals surface area contributed by atoms with Gasteiger partial charge in [0.15, 0.2) is 11.5 Å². The molecule has 1 unspecified atom stereocenters. The maximum absolute atomic E-state index is 6.08. The van der Waals surface area contributed by atoms with Crippen LogP contribution in [0.1, 0.15) is 25.3 Å². The van der Waals surface area contributed by atoms with Crippen LogP contribution in [0, 0.1) is 5.92 Å². The number of nitrogens with two attached hydrogens (primary N) is 1. The number of rotatable bonds is 6. The third-order valence-electron chi connectivity index (χ3n) is 3.02. The Balaban J connectivity index is 2.23. The molecule has 1 fully saturated rings. The molecule has 1 aliphatic rings. The smallest absolute Gasteiger partial charge is 0.164 e. The molecular weight excluding hydrogens is 250 g/mol. The first-order chi connectivity index (χ1) is 8.60. The zero-order valence-electron chi connectivity index (χ0n) is 10.9. The lowest BCUT2D eigenvalue weighted by Crippen LogP contribution is -2.18. The highest BCUT2D eigenvalue weighted by Gasteiger charge is 2.23. The predicted octanol–water partition coefficient (Wildman–Crippen LogP) is 3.03. The number of benzene rings is 1. The summed E-state index contributed by atoms with van der Waals surface area (Å²) in [4.78, 5) is 0. The fraction of sp³-hybridized carbons (Fsp3) is 0.571. The Hall–Kier alpha value is -0.930. The molecular formula is C14H20ClNO2. The second-order valence-electron chi connectivity index (χ2n) is 5.03. The summed E-state index contributed by atoms with van der Waals surface area (Å²) in [6.45, 7) is 2.72. The van der Waals surface area contributed by atoms with Gasteiger partial charge in [0.25, 0.3) is 0 Å². The summed E-state index contributed by atoms with van der Waals surface area (Å²) in [5.74, 6) is 2.19. The van der Waals surface area contributed by atoms with E-state index in [4.69, 9.17) is 26.8 Å². The lowest BCUT2D eigenvalue weighted by Gasteiger charge is -2.16. The summed E-state index contributed by atoms with van der Waals surface area (Å²) in [6.07, 6.45) is 3.26. The average Bonchev–Trinajstić information content (AvgIpc) is 3.10. The summed E-state index contributed by atoms with van der Waals surface area (Å²) >= 11 is 6.08. The Labute approximate surface area is 113 Å². The van der Waals surface area contributed by atoms with Crippen molar-refractivity contribution >= 4 is 11.6 Å². The van der Waals surface area contributed by atoms with Crippen LogP contribution in [-0.2, 0) is 6.42 Å². The highest BCUT2D eigenvalue weighted by atomic mass is 35.5. The maximum Gasteiger partial charge on any atom is 0.164 e. The number of hydrogen-bond acceptors (Lipinski definition) is 3. The molecule has 0 bridgehead atoms. The molecule has 1 aromatic rings. The van der Waals surface area contributed by atoms with Gasteiger partial charge in [-0.2, -0.15) is 0 Å². The molecule has 0 aliphatic heterocycles. The molecule has 1 aliphatic carbocycles. The van der Waals surface area contributed by atoms with E-state index in [1.807, 2.05) is 13.0 Å². The van der Waals surface area contributed by atoms with Crippen LogP contribution in [-0.4, -0.2) is 19.8 Å². The van der Waals surface area contributed by atoms with Gasteiger partial charge in [0, 0.05) is 22.7 Å². The maximum atomic E-state index is 6.08. The van der Waals surface area contributed by atoms with Crippen LogP contribution in [0.5, 0.6) is 11.5 Å². The van der Waals surface area contributed by atoms with Crippen LogP contribution in [0.3, 0.4) is 0 Å². The Bertz CT molecular complexity index is 417. The predicted molar refractivity (Wildman–Crippen MR) is 73.6 cm³/mol. The molecule has 0 amide bonds. The molecule has 1 atom stereocenters. The Morgan fingerprint density at radius 1 is 1.44 bits per heavy atom. The zero-order valence-corrected chi connectivity index (χ0v) is 11.7. The second-order valence-corrected chi connectivity index (χ2v) is 5.47. The zero-order chi connectivity index (χ0) is 13.1. The van der Waals surface area contributed by atoms with Crippen LogP contribution < -0.4 is 15.2 Å². The summed E-state index contributed by atoms with van der Waals surface area (Å²) in [6, 6.07) is 3.76. The highest BCUT2D eigenvalue weighted by molar-refractivity contribution is 6.30. The van der Waals surface area contributed by atoms with Gasteiger partial charge in [-0.1, -0.05) is 11.6 Å². The SMILES string of the molecule is COc1cc(Cl)cc(CC(C)N)c1OCC1CC1. The first kappa shape index (κ1) is 13.5. The third kappa shape index (κ3) is 3.53. The van der Waals surface area contributed by atoms with Gasteiger partial charge in [0.1, 0.15) is 0 Å². The molecule has 18 heavy (non-hydrogen) atoms. The van der Waals surface area contributed by atoms with Crippen molar-refractivity contribution in [2.45, 2.75) is 32.2 Å². The molecule has 2 rings (SSSR count). The van der Waals surface area contributed by atoms with Crippen molar-refractivity contribution in [3.63, 3.8) is 0 Å². The Morgan fingerprint density at radius 2 is 2.17 bits per heavy atom. The Morgan fingerprint density at radius 3 is 2.72 bits per heavy atom. The van der Waals surface area contributed by atoms with Gasteiger partial charge in [-0.15, -0.1) is 0 Å². The fourth-order valence-corrected chi connectivity index (χ4v) is 2.15. The molecule has 0 radical (unpaired) electrons. The van der Waals surface area contributed by atoms with Gasteiger partial charge in [-0.05, 0) is 38.2 Å². The minimum atomic E-state index is 0.0662. The van der Waals surface area contributed by atoms with Crippen molar-refractivity contribution in [3.05, 3.63) is 22.7 Å². The van der Waals surface area contributed by atoms with Crippen molar-refractivity contribution < 1.29 is 9.47 Å². The quantitative estimate of drug-likeness (QED) is 0.863. The van der Waals surface area contributed by atoms with Gasteiger partial charge < -0.3 is 15.2 Å². The molecule has 0 heterocycles. The van der Waals surface area contributed by atoms with Crippen molar-refractivity contribution in [2.75, 3.05) is 13.7 Å². The van der Waals surface area contributed by atoms with Crippen molar-refractivity contribution in [2.24, 2.45) is 11.7 Å². The number of halogens is 1. The third-order valence-corrected chi connectivity index (χ3v) is 3.24. The topological polar surface area (TPSA) is 44.5 Å². The molecule has 0 saturated heterocycles. The van der Waals surface area contributed by atoms with Crippen molar-refractivity contribution in [3.8, 4) is 11.5 Å². The van der Waals surface area contributed by atoms with Crippen LogP contribution in [0.25, 0.3) is 0 Å². The molecule has 1 saturated carbocycles. The van der Waals surface area contributed by atoms with E-state index in [2.05, 4.69) is 0 Å². The molecule has 0 spiro atoms. The number of methoxy groups -OCH3 is 1. The lowest BCUT2D eigenvalue weighted by atomic mass is 10.1. The highest BCUT2D eigenvalue weighted by Crippen LogP contribution is 2.37. The second kappa shape index (κ2) is 5.81. The molecule has 2 N–H and O–H groups in total. The number of hydrogen-bond donors (Lipinski definition) is 1. The molecule has 0 aromatic heterocycles. The summed E-state index contributed by atoms with van der Waals surface area (Å²) in [5, 5.41) is 0.654. The van der Waals surface area contributed by atoms with Gasteiger partial charge in [0.2, 0.25) is 0 Å². The minimum Gasteiger partial charge on any atom is -0.493 e. The Kier molecular flexibility index (Phi) is 4.36. The van der Waals surface area contributed by atoms with E-state index < -0.39 is 0 Å². The normalized spacial score (nSPS) is 16.4. The van der Waals surface area contributed by atoms with E-state index in [1.165, 1.54) is 12.8 Å². The minimum absolute atomic E-state index is 0.0662. The van der Waals surface area contributed by atoms with E-state index in [9.17, 15) is 0 Å². The largest absolute Gasteiger partial charge is 0.493 e. The van der Waals surface area contributed by atoms with E-state index >= 15 is 0 Å². The van der Waals surface area contributed by atoms with Crippen molar-refractivity contribution in [1.29, 1.82) is 0 Å². The summed E-state index contributed by atoms with van der Waals surface area (Å²) in [5.41, 5.74) is 6.89. The van der Waals surface area contributed by atoms with Crippen LogP contribution in [0.15, 0.2) is 12.1 Å². The first-order valence-corrected chi connectivity index (χ1v) is 6.72. The van der Waals surface area contributed by atoms with E-state index in [1.54, 1.807) is 13.2 Å². The molecule has 100 valence electrons. The summed E-state index contributed by atoms with van der Waals surface area (Å²) < 4.78 is 11.3. The van der Waals surface area contributed by atoms with E-state index in [-0.39, 0.29) is 6.04 Å². The lowest BCUT2D eigenvalue weighted by molar-refractivity contribution is 0.277. The van der Waals surface area contributed by atoms with Crippen molar-refractivity contribution in [1.82, 2.24) is 0 Å². The van der Waals surface area contributed by atoms with E-state index in [0.717, 1.165) is 24.3 Å². The molecule has 1 aromatic carbocycles. The summed E-state index contributed by atoms with van der Waals surface area (Å²) in [7, 11) is 1.63. The van der Waals surface area contributed by atoms with Gasteiger partial charge >= 0.3 is 0 Å². The van der Waals surface area contributed by atoms with Crippen LogP contribution >= 0.6 is 11.6 Å². The molecule has 4 heteroatoms. The number of ether oxygens (including phenoxy) is 2.